The van der Waals surface area contributed by atoms with Crippen LogP contribution in [0.2, 0.25) is 0 Å². The summed E-state index contributed by atoms with van der Waals surface area (Å²) in [4.78, 5) is 16.1. The molecule has 1 N–H and O–H groups in total. The average Bonchev–Trinajstić information content (AvgIpc) is 2.49. The van der Waals surface area contributed by atoms with E-state index in [1.54, 1.807) is 31.6 Å². The third kappa shape index (κ3) is 4.17. The molecular weight excluding hydrogens is 252 g/mol. The van der Waals surface area contributed by atoms with E-state index in [1.165, 1.54) is 5.56 Å². The normalized spacial score (nSPS) is 11.8. The molecule has 0 fully saturated rings. The smallest absolute Gasteiger partial charge is 0.253 e. The second-order valence-corrected chi connectivity index (χ2v) is 4.56. The molecule has 20 heavy (non-hydrogen) atoms. The molecule has 0 aliphatic heterocycles. The van der Waals surface area contributed by atoms with Gasteiger partial charge < -0.3 is 10.1 Å². The van der Waals surface area contributed by atoms with Gasteiger partial charge in [0, 0.05) is 19.5 Å². The molecular formula is C16H18N2O2. The lowest BCUT2D eigenvalue weighted by molar-refractivity contribution is 0.0896. The molecule has 2 rings (SSSR count). The zero-order valence-corrected chi connectivity index (χ0v) is 11.5. The van der Waals surface area contributed by atoms with Crippen LogP contribution in [-0.2, 0) is 11.2 Å². The summed E-state index contributed by atoms with van der Waals surface area (Å²) in [6, 6.07) is 13.5. The number of hydrogen-bond acceptors (Lipinski definition) is 3. The molecule has 1 aromatic heterocycles. The molecule has 1 unspecified atom stereocenters. The van der Waals surface area contributed by atoms with Gasteiger partial charge in [0.1, 0.15) is 0 Å². The van der Waals surface area contributed by atoms with E-state index in [0.29, 0.717) is 12.2 Å². The van der Waals surface area contributed by atoms with E-state index in [1.807, 2.05) is 30.3 Å². The lowest BCUT2D eigenvalue weighted by Gasteiger charge is -2.18. The van der Waals surface area contributed by atoms with E-state index in [-0.39, 0.29) is 11.9 Å². The highest BCUT2D eigenvalue weighted by Crippen LogP contribution is 2.05. The summed E-state index contributed by atoms with van der Waals surface area (Å²) in [7, 11) is 1.63. The number of pyridine rings is 1. The maximum atomic E-state index is 12.1. The number of aromatic nitrogens is 1. The predicted octanol–water partition coefficient (Wildman–Crippen LogP) is 2.07. The van der Waals surface area contributed by atoms with Crippen molar-refractivity contribution < 1.29 is 9.53 Å². The van der Waals surface area contributed by atoms with E-state index in [2.05, 4.69) is 10.3 Å². The molecule has 1 amide bonds. The Labute approximate surface area is 118 Å². The van der Waals surface area contributed by atoms with E-state index >= 15 is 0 Å². The largest absolute Gasteiger partial charge is 0.383 e. The van der Waals surface area contributed by atoms with E-state index in [4.69, 9.17) is 4.74 Å². The highest BCUT2D eigenvalue weighted by atomic mass is 16.5. The Hall–Kier alpha value is -2.20. The number of methoxy groups -OCH3 is 1. The first kappa shape index (κ1) is 14.2. The van der Waals surface area contributed by atoms with E-state index in [0.717, 1.165) is 6.42 Å². The fraction of sp³-hybridized carbons (Fsp3) is 0.250. The fourth-order valence-corrected chi connectivity index (χ4v) is 2.02. The Morgan fingerprint density at radius 3 is 2.70 bits per heavy atom. The van der Waals surface area contributed by atoms with Crippen LogP contribution in [0.5, 0.6) is 0 Å². The van der Waals surface area contributed by atoms with Crippen molar-refractivity contribution in [2.24, 2.45) is 0 Å². The summed E-state index contributed by atoms with van der Waals surface area (Å²) in [6.07, 6.45) is 3.94. The maximum absolute atomic E-state index is 12.1. The Balaban J connectivity index is 2.00. The van der Waals surface area contributed by atoms with Crippen molar-refractivity contribution in [3.63, 3.8) is 0 Å². The van der Waals surface area contributed by atoms with Crippen LogP contribution in [0.25, 0.3) is 0 Å². The molecule has 4 heteroatoms. The standard InChI is InChI=1S/C16H18N2O2/c1-20-12-15(10-13-6-3-2-4-7-13)18-16(19)14-8-5-9-17-11-14/h2-9,11,15H,10,12H2,1H3,(H,18,19). The maximum Gasteiger partial charge on any atom is 0.253 e. The highest BCUT2D eigenvalue weighted by Gasteiger charge is 2.14. The number of carbonyl (C=O) groups is 1. The van der Waals surface area contributed by atoms with Crippen LogP contribution in [0.3, 0.4) is 0 Å². The van der Waals surface area contributed by atoms with Gasteiger partial charge in [-0.25, -0.2) is 0 Å². The van der Waals surface area contributed by atoms with Gasteiger partial charge in [-0.1, -0.05) is 30.3 Å². The third-order valence-corrected chi connectivity index (χ3v) is 2.95. The number of carbonyl (C=O) groups excluding carboxylic acids is 1. The molecule has 0 spiro atoms. The lowest BCUT2D eigenvalue weighted by atomic mass is 10.1. The number of ether oxygens (including phenoxy) is 1. The number of nitrogens with one attached hydrogen (secondary N) is 1. The summed E-state index contributed by atoms with van der Waals surface area (Å²) in [5.41, 5.74) is 1.72. The van der Waals surface area contributed by atoms with Gasteiger partial charge in [0.05, 0.1) is 18.2 Å². The van der Waals surface area contributed by atoms with Gasteiger partial charge in [-0.05, 0) is 24.1 Å². The lowest BCUT2D eigenvalue weighted by Crippen LogP contribution is -2.39. The molecule has 2 aromatic rings. The zero-order valence-electron chi connectivity index (χ0n) is 11.5. The Morgan fingerprint density at radius 1 is 1.25 bits per heavy atom. The molecule has 0 radical (unpaired) electrons. The molecule has 0 aliphatic carbocycles. The molecule has 4 nitrogen and oxygen atoms in total. The Bertz CT molecular complexity index is 529. The van der Waals surface area contributed by atoms with Crippen LogP contribution in [0.4, 0.5) is 0 Å². The molecule has 0 bridgehead atoms. The molecule has 0 saturated carbocycles. The van der Waals surface area contributed by atoms with Crippen LogP contribution >= 0.6 is 0 Å². The van der Waals surface area contributed by atoms with Crippen molar-refractivity contribution in [2.75, 3.05) is 13.7 Å². The minimum atomic E-state index is -0.129. The monoisotopic (exact) mass is 270 g/mol. The predicted molar refractivity (Wildman–Crippen MR) is 77.5 cm³/mol. The Morgan fingerprint density at radius 2 is 2.05 bits per heavy atom. The second kappa shape index (κ2) is 7.40. The molecule has 104 valence electrons. The molecule has 1 aromatic carbocycles. The van der Waals surface area contributed by atoms with Gasteiger partial charge in [-0.2, -0.15) is 0 Å². The van der Waals surface area contributed by atoms with Crippen LogP contribution in [-0.4, -0.2) is 30.6 Å². The first-order valence-electron chi connectivity index (χ1n) is 6.53. The van der Waals surface area contributed by atoms with Gasteiger partial charge in [-0.15, -0.1) is 0 Å². The van der Waals surface area contributed by atoms with Crippen LogP contribution < -0.4 is 5.32 Å². The van der Waals surface area contributed by atoms with Gasteiger partial charge in [0.15, 0.2) is 0 Å². The summed E-state index contributed by atoms with van der Waals surface area (Å²) in [5, 5.41) is 2.98. The SMILES string of the molecule is COCC(Cc1ccccc1)NC(=O)c1cccnc1. The molecule has 1 atom stereocenters. The van der Waals surface area contributed by atoms with Crippen molar-refractivity contribution in [1.82, 2.24) is 10.3 Å². The second-order valence-electron chi connectivity index (χ2n) is 4.56. The number of nitrogens with zero attached hydrogens (tertiary/aromatic N) is 1. The summed E-state index contributed by atoms with van der Waals surface area (Å²) >= 11 is 0. The molecule has 0 saturated heterocycles. The van der Waals surface area contributed by atoms with E-state index in [9.17, 15) is 4.79 Å². The first-order chi connectivity index (χ1) is 9.79. The van der Waals surface area contributed by atoms with Crippen LogP contribution in [0.15, 0.2) is 54.9 Å². The highest BCUT2D eigenvalue weighted by molar-refractivity contribution is 5.94. The summed E-state index contributed by atoms with van der Waals surface area (Å²) in [6.45, 7) is 0.473. The Kier molecular flexibility index (Phi) is 5.26. The summed E-state index contributed by atoms with van der Waals surface area (Å²) in [5.74, 6) is -0.129. The van der Waals surface area contributed by atoms with Crippen molar-refractivity contribution in [3.05, 3.63) is 66.0 Å². The number of rotatable bonds is 6. The van der Waals surface area contributed by atoms with Gasteiger partial charge in [0.2, 0.25) is 0 Å². The minimum Gasteiger partial charge on any atom is -0.383 e. The third-order valence-electron chi connectivity index (χ3n) is 2.95. The first-order valence-corrected chi connectivity index (χ1v) is 6.53. The van der Waals surface area contributed by atoms with Gasteiger partial charge in [0.25, 0.3) is 5.91 Å². The zero-order chi connectivity index (χ0) is 14.2. The number of hydrogen-bond donors (Lipinski definition) is 1. The minimum absolute atomic E-state index is 0.0601. The van der Waals surface area contributed by atoms with Gasteiger partial charge >= 0.3 is 0 Å². The molecule has 1 heterocycles. The van der Waals surface area contributed by atoms with Crippen molar-refractivity contribution in [3.8, 4) is 0 Å². The van der Waals surface area contributed by atoms with Crippen molar-refractivity contribution >= 4 is 5.91 Å². The summed E-state index contributed by atoms with van der Waals surface area (Å²) < 4.78 is 5.18. The van der Waals surface area contributed by atoms with Crippen molar-refractivity contribution in [2.45, 2.75) is 12.5 Å². The van der Waals surface area contributed by atoms with Crippen LogP contribution in [0, 0.1) is 0 Å². The fourth-order valence-electron chi connectivity index (χ4n) is 2.02. The number of amides is 1. The number of benzene rings is 1. The average molecular weight is 270 g/mol. The van der Waals surface area contributed by atoms with Crippen LogP contribution in [0.1, 0.15) is 15.9 Å². The van der Waals surface area contributed by atoms with Crippen molar-refractivity contribution in [1.29, 1.82) is 0 Å². The topological polar surface area (TPSA) is 51.2 Å². The quantitative estimate of drug-likeness (QED) is 0.874. The molecule has 0 aliphatic rings. The van der Waals surface area contributed by atoms with Gasteiger partial charge in [-0.3, -0.25) is 9.78 Å². The van der Waals surface area contributed by atoms with E-state index < -0.39 is 0 Å².